The van der Waals surface area contributed by atoms with Gasteiger partial charge in [0.05, 0.1) is 0 Å². The number of carbonyl (C=O) groups is 1. The average Bonchev–Trinajstić information content (AvgIpc) is 2.99. The van der Waals surface area contributed by atoms with Gasteiger partial charge in [-0.2, -0.15) is 0 Å². The van der Waals surface area contributed by atoms with Crippen molar-refractivity contribution in [3.63, 3.8) is 0 Å². The molecule has 0 radical (unpaired) electrons. The number of anilines is 2. The van der Waals surface area contributed by atoms with E-state index in [-0.39, 0.29) is 11.7 Å². The molecule has 1 aromatic heterocycles. The van der Waals surface area contributed by atoms with E-state index in [2.05, 4.69) is 27.1 Å². The second kappa shape index (κ2) is 7.04. The van der Waals surface area contributed by atoms with E-state index in [0.717, 1.165) is 42.8 Å². The minimum atomic E-state index is -0.324. The van der Waals surface area contributed by atoms with Gasteiger partial charge >= 0.3 is 0 Å². The van der Waals surface area contributed by atoms with Crippen LogP contribution in [-0.4, -0.2) is 49.0 Å². The number of rotatable bonds is 3. The molecule has 27 heavy (non-hydrogen) atoms. The number of likely N-dealkylation sites (N-methyl/N-ethyl adjacent to an activating group) is 1. The summed E-state index contributed by atoms with van der Waals surface area (Å²) in [6, 6.07) is 12.4. The summed E-state index contributed by atoms with van der Waals surface area (Å²) < 4.78 is 13.4. The van der Waals surface area contributed by atoms with Crippen molar-refractivity contribution in [2.24, 2.45) is 0 Å². The first-order valence-corrected chi connectivity index (χ1v) is 9.14. The number of halogens is 1. The summed E-state index contributed by atoms with van der Waals surface area (Å²) in [5.74, 6) is -0.549. The van der Waals surface area contributed by atoms with Crippen LogP contribution in [0.1, 0.15) is 16.1 Å². The van der Waals surface area contributed by atoms with Gasteiger partial charge < -0.3 is 20.1 Å². The Morgan fingerprint density at radius 3 is 2.48 bits per heavy atom. The molecule has 0 unspecified atom stereocenters. The summed E-state index contributed by atoms with van der Waals surface area (Å²) in [5, 5.41) is 3.77. The Morgan fingerprint density at radius 2 is 1.78 bits per heavy atom. The second-order valence-electron chi connectivity index (χ2n) is 7.11. The van der Waals surface area contributed by atoms with Crippen molar-refractivity contribution in [1.29, 1.82) is 0 Å². The zero-order valence-electron chi connectivity index (χ0n) is 15.6. The van der Waals surface area contributed by atoms with Crippen molar-refractivity contribution in [2.45, 2.75) is 6.92 Å². The number of benzene rings is 2. The van der Waals surface area contributed by atoms with Crippen LogP contribution in [0.5, 0.6) is 0 Å². The van der Waals surface area contributed by atoms with Crippen LogP contribution < -0.4 is 10.2 Å². The number of nitrogens with one attached hydrogen (secondary N) is 2. The van der Waals surface area contributed by atoms with E-state index in [1.54, 1.807) is 6.07 Å². The van der Waals surface area contributed by atoms with Crippen LogP contribution in [0.2, 0.25) is 0 Å². The van der Waals surface area contributed by atoms with Gasteiger partial charge in [-0.15, -0.1) is 0 Å². The van der Waals surface area contributed by atoms with Gasteiger partial charge in [0.1, 0.15) is 11.5 Å². The van der Waals surface area contributed by atoms with Crippen LogP contribution in [0.4, 0.5) is 15.8 Å². The maximum atomic E-state index is 13.4. The molecule has 140 valence electrons. The predicted molar refractivity (Wildman–Crippen MR) is 107 cm³/mol. The quantitative estimate of drug-likeness (QED) is 0.744. The minimum Gasteiger partial charge on any atom is -0.369 e. The molecule has 2 aromatic carbocycles. The van der Waals surface area contributed by atoms with E-state index >= 15 is 0 Å². The number of nitrogens with zero attached hydrogens (tertiary/aromatic N) is 2. The van der Waals surface area contributed by atoms with Gasteiger partial charge in [-0.3, -0.25) is 4.79 Å². The Hall–Kier alpha value is -2.86. The van der Waals surface area contributed by atoms with Crippen LogP contribution >= 0.6 is 0 Å². The number of amides is 1. The third kappa shape index (κ3) is 3.53. The number of aromatic amines is 1. The lowest BCUT2D eigenvalue weighted by molar-refractivity contribution is 0.102. The van der Waals surface area contributed by atoms with Gasteiger partial charge in [0.15, 0.2) is 0 Å². The molecule has 2 heterocycles. The fraction of sp³-hybridized carbons (Fsp3) is 0.286. The average molecular weight is 366 g/mol. The highest BCUT2D eigenvalue weighted by Crippen LogP contribution is 2.24. The molecule has 0 bridgehead atoms. The molecule has 0 spiro atoms. The highest BCUT2D eigenvalue weighted by atomic mass is 19.1. The predicted octanol–water partition coefficient (Wildman–Crippen LogP) is 3.62. The van der Waals surface area contributed by atoms with Gasteiger partial charge in [0.25, 0.3) is 5.91 Å². The zero-order valence-corrected chi connectivity index (χ0v) is 15.6. The lowest BCUT2D eigenvalue weighted by Crippen LogP contribution is -2.44. The summed E-state index contributed by atoms with van der Waals surface area (Å²) >= 11 is 0. The number of piperazine rings is 1. The van der Waals surface area contributed by atoms with Crippen molar-refractivity contribution in [3.8, 4) is 0 Å². The number of aryl methyl sites for hydroxylation is 1. The maximum Gasteiger partial charge on any atom is 0.272 e. The third-order valence-corrected chi connectivity index (χ3v) is 5.24. The summed E-state index contributed by atoms with van der Waals surface area (Å²) in [7, 11) is 2.14. The highest BCUT2D eigenvalue weighted by Gasteiger charge is 2.17. The second-order valence-corrected chi connectivity index (χ2v) is 7.11. The lowest BCUT2D eigenvalue weighted by Gasteiger charge is -2.34. The Kier molecular flexibility index (Phi) is 4.58. The number of hydrogen-bond acceptors (Lipinski definition) is 3. The highest BCUT2D eigenvalue weighted by molar-refractivity contribution is 6.07. The SMILES string of the molecule is Cc1c(C(=O)Nc2ccc(N3CCN(C)CC3)cc2)[nH]c2cc(F)ccc12. The number of hydrogen-bond donors (Lipinski definition) is 2. The van der Waals surface area contributed by atoms with E-state index in [0.29, 0.717) is 11.2 Å². The standard InChI is InChI=1S/C21H23FN4O/c1-14-18-8-3-15(22)13-19(18)24-20(14)21(27)23-16-4-6-17(7-5-16)26-11-9-25(2)10-12-26/h3-8,13,24H,9-12H2,1-2H3,(H,23,27). The van der Waals surface area contributed by atoms with Gasteiger partial charge in [0.2, 0.25) is 0 Å². The zero-order chi connectivity index (χ0) is 19.0. The number of H-pyrrole nitrogens is 1. The van der Waals surface area contributed by atoms with Gasteiger partial charge in [-0.05, 0) is 62.0 Å². The molecule has 2 N–H and O–H groups in total. The molecule has 0 saturated carbocycles. The molecule has 1 aliphatic rings. The monoisotopic (exact) mass is 366 g/mol. The molecule has 0 atom stereocenters. The summed E-state index contributed by atoms with van der Waals surface area (Å²) in [5.41, 5.74) is 3.80. The van der Waals surface area contributed by atoms with Gasteiger partial charge in [0, 0.05) is 48.5 Å². The van der Waals surface area contributed by atoms with Crippen LogP contribution in [-0.2, 0) is 0 Å². The van der Waals surface area contributed by atoms with Crippen LogP contribution in [0.3, 0.4) is 0 Å². The van der Waals surface area contributed by atoms with Crippen LogP contribution in [0.25, 0.3) is 10.9 Å². The topological polar surface area (TPSA) is 51.4 Å². The first-order chi connectivity index (χ1) is 13.0. The molecule has 0 aliphatic carbocycles. The number of aromatic nitrogens is 1. The first-order valence-electron chi connectivity index (χ1n) is 9.14. The smallest absolute Gasteiger partial charge is 0.272 e. The van der Waals surface area contributed by atoms with E-state index < -0.39 is 0 Å². The molecule has 1 saturated heterocycles. The van der Waals surface area contributed by atoms with Gasteiger partial charge in [-0.1, -0.05) is 0 Å². The summed E-state index contributed by atoms with van der Waals surface area (Å²) in [6.07, 6.45) is 0. The molecule has 3 aromatic rings. The van der Waals surface area contributed by atoms with E-state index in [9.17, 15) is 9.18 Å². The molecule has 1 amide bonds. The Balaban J connectivity index is 1.49. The Bertz CT molecular complexity index is 972. The lowest BCUT2D eigenvalue weighted by atomic mass is 10.1. The third-order valence-electron chi connectivity index (χ3n) is 5.24. The Morgan fingerprint density at radius 1 is 1.07 bits per heavy atom. The molecule has 1 fully saturated rings. The molecule has 1 aliphatic heterocycles. The van der Waals surface area contributed by atoms with E-state index in [1.165, 1.54) is 17.8 Å². The van der Waals surface area contributed by atoms with E-state index in [1.807, 2.05) is 31.2 Å². The van der Waals surface area contributed by atoms with Crippen molar-refractivity contribution in [2.75, 3.05) is 43.4 Å². The van der Waals surface area contributed by atoms with Gasteiger partial charge in [-0.25, -0.2) is 4.39 Å². The minimum absolute atomic E-state index is 0.226. The van der Waals surface area contributed by atoms with Crippen LogP contribution in [0, 0.1) is 12.7 Å². The van der Waals surface area contributed by atoms with E-state index in [4.69, 9.17) is 0 Å². The molecular formula is C21H23FN4O. The largest absolute Gasteiger partial charge is 0.369 e. The number of fused-ring (bicyclic) bond motifs is 1. The molecule has 5 nitrogen and oxygen atoms in total. The van der Waals surface area contributed by atoms with Crippen molar-refractivity contribution in [1.82, 2.24) is 9.88 Å². The molecule has 4 rings (SSSR count). The maximum absolute atomic E-state index is 13.4. The molecular weight excluding hydrogens is 343 g/mol. The molecule has 6 heteroatoms. The fourth-order valence-corrected chi connectivity index (χ4v) is 3.55. The normalized spacial score (nSPS) is 15.3. The van der Waals surface area contributed by atoms with Crippen molar-refractivity contribution >= 4 is 28.2 Å². The van der Waals surface area contributed by atoms with Crippen molar-refractivity contribution < 1.29 is 9.18 Å². The Labute approximate surface area is 157 Å². The summed E-state index contributed by atoms with van der Waals surface area (Å²) in [4.78, 5) is 20.4. The van der Waals surface area contributed by atoms with Crippen LogP contribution in [0.15, 0.2) is 42.5 Å². The van der Waals surface area contributed by atoms with Crippen molar-refractivity contribution in [3.05, 3.63) is 59.5 Å². The number of carbonyl (C=O) groups excluding carboxylic acids is 1. The first kappa shape index (κ1) is 17.5. The summed E-state index contributed by atoms with van der Waals surface area (Å²) in [6.45, 7) is 5.99. The fourth-order valence-electron chi connectivity index (χ4n) is 3.55.